The van der Waals surface area contributed by atoms with Crippen molar-refractivity contribution in [2.24, 2.45) is 0 Å². The second kappa shape index (κ2) is 7.55. The second-order valence-corrected chi connectivity index (χ2v) is 6.17. The molecule has 2 aliphatic rings. The molecular weight excluding hydrogens is 308 g/mol. The summed E-state index contributed by atoms with van der Waals surface area (Å²) in [7, 11) is 0. The van der Waals surface area contributed by atoms with Gasteiger partial charge in [-0.3, -0.25) is 4.79 Å². The van der Waals surface area contributed by atoms with Crippen LogP contribution >= 0.6 is 0 Å². The van der Waals surface area contributed by atoms with Gasteiger partial charge in [-0.05, 0) is 37.5 Å². The number of likely N-dealkylation sites (tertiary alicyclic amines) is 1. The maximum atomic E-state index is 12.5. The van der Waals surface area contributed by atoms with Crippen LogP contribution in [0.2, 0.25) is 0 Å². The van der Waals surface area contributed by atoms with Crippen LogP contribution in [0, 0.1) is 0 Å². The Morgan fingerprint density at radius 2 is 1.92 bits per heavy atom. The van der Waals surface area contributed by atoms with Gasteiger partial charge in [-0.2, -0.15) is 0 Å². The zero-order chi connectivity index (χ0) is 16.9. The number of carbonyl (C=O) groups is 2. The van der Waals surface area contributed by atoms with Gasteiger partial charge in [0.05, 0.1) is 19.6 Å². The van der Waals surface area contributed by atoms with E-state index >= 15 is 0 Å². The Bertz CT molecular complexity index is 579. The number of hydrogen-bond acceptors (Lipinski definition) is 4. The number of piperidine rings is 1. The highest BCUT2D eigenvalue weighted by molar-refractivity contribution is 5.79. The van der Waals surface area contributed by atoms with Crippen LogP contribution in [-0.4, -0.2) is 60.7 Å². The monoisotopic (exact) mass is 332 g/mol. The van der Waals surface area contributed by atoms with E-state index in [0.29, 0.717) is 39.3 Å². The van der Waals surface area contributed by atoms with Gasteiger partial charge in [0.1, 0.15) is 12.4 Å². The molecule has 130 valence electrons. The van der Waals surface area contributed by atoms with Crippen LogP contribution < -0.4 is 4.74 Å². The molecule has 0 spiro atoms. The van der Waals surface area contributed by atoms with E-state index < -0.39 is 0 Å². The molecule has 2 heterocycles. The molecule has 0 saturated carbocycles. The average Bonchev–Trinajstić information content (AvgIpc) is 3.03. The van der Waals surface area contributed by atoms with Gasteiger partial charge in [0.25, 0.3) is 0 Å². The Labute approximate surface area is 142 Å². The van der Waals surface area contributed by atoms with Gasteiger partial charge in [-0.15, -0.1) is 0 Å². The highest BCUT2D eigenvalue weighted by atomic mass is 16.6. The quantitative estimate of drug-likeness (QED) is 0.828. The molecule has 0 N–H and O–H groups in total. The first-order valence-electron chi connectivity index (χ1n) is 8.60. The van der Waals surface area contributed by atoms with E-state index in [0.717, 1.165) is 24.2 Å². The fraction of sp³-hybridized carbons (Fsp3) is 0.556. The number of carbonyl (C=O) groups excluding carboxylic acids is 2. The van der Waals surface area contributed by atoms with Crippen LogP contribution in [0.1, 0.15) is 25.3 Å². The van der Waals surface area contributed by atoms with Gasteiger partial charge in [-0.25, -0.2) is 4.79 Å². The van der Waals surface area contributed by atoms with Crippen LogP contribution in [-0.2, 0) is 16.0 Å². The number of rotatable bonds is 5. The van der Waals surface area contributed by atoms with Crippen LogP contribution in [0.15, 0.2) is 24.3 Å². The molecule has 2 amide bonds. The first kappa shape index (κ1) is 16.6. The Hall–Kier alpha value is -2.24. The third-order valence-corrected chi connectivity index (χ3v) is 4.64. The lowest BCUT2D eigenvalue weighted by Gasteiger charge is -2.35. The normalized spacial score (nSPS) is 18.6. The van der Waals surface area contributed by atoms with Crippen LogP contribution in [0.5, 0.6) is 5.75 Å². The summed E-state index contributed by atoms with van der Waals surface area (Å²) in [6.07, 6.45) is 1.84. The zero-order valence-electron chi connectivity index (χ0n) is 14.1. The summed E-state index contributed by atoms with van der Waals surface area (Å²) in [6, 6.07) is 7.88. The average molecular weight is 332 g/mol. The maximum absolute atomic E-state index is 12.5. The molecule has 2 aliphatic heterocycles. The Morgan fingerprint density at radius 3 is 2.50 bits per heavy atom. The molecule has 3 rings (SSSR count). The van der Waals surface area contributed by atoms with E-state index in [4.69, 9.17) is 9.47 Å². The molecular formula is C18H24N2O4. The fourth-order valence-corrected chi connectivity index (χ4v) is 3.32. The molecule has 6 heteroatoms. The number of benzene rings is 1. The molecule has 2 fully saturated rings. The number of ether oxygens (including phenoxy) is 2. The van der Waals surface area contributed by atoms with E-state index in [9.17, 15) is 9.59 Å². The van der Waals surface area contributed by atoms with Crippen molar-refractivity contribution in [2.45, 2.75) is 32.2 Å². The molecule has 0 aromatic heterocycles. The van der Waals surface area contributed by atoms with Crippen molar-refractivity contribution < 1.29 is 19.1 Å². The third-order valence-electron chi connectivity index (χ3n) is 4.64. The van der Waals surface area contributed by atoms with Crippen molar-refractivity contribution in [1.82, 2.24) is 9.80 Å². The van der Waals surface area contributed by atoms with Crippen molar-refractivity contribution in [3.05, 3.63) is 29.8 Å². The molecule has 1 aromatic carbocycles. The number of nitrogens with zero attached hydrogens (tertiary/aromatic N) is 2. The Balaban J connectivity index is 1.49. The second-order valence-electron chi connectivity index (χ2n) is 6.17. The van der Waals surface area contributed by atoms with Crippen molar-refractivity contribution in [1.29, 1.82) is 0 Å². The lowest BCUT2D eigenvalue weighted by atomic mass is 10.0. The molecule has 0 aliphatic carbocycles. The SMILES string of the molecule is CCOc1ccc(CC(=O)N2CCC(N3CCOC3=O)CC2)cc1. The maximum Gasteiger partial charge on any atom is 0.410 e. The molecule has 6 nitrogen and oxygen atoms in total. The molecule has 0 bridgehead atoms. The van der Waals surface area contributed by atoms with Crippen molar-refractivity contribution >= 4 is 12.0 Å². The van der Waals surface area contributed by atoms with E-state index in [1.165, 1.54) is 0 Å². The van der Waals surface area contributed by atoms with Gasteiger partial charge >= 0.3 is 6.09 Å². The molecule has 1 aromatic rings. The summed E-state index contributed by atoms with van der Waals surface area (Å²) in [4.78, 5) is 27.8. The summed E-state index contributed by atoms with van der Waals surface area (Å²) >= 11 is 0. The molecule has 24 heavy (non-hydrogen) atoms. The number of cyclic esters (lactones) is 1. The molecule has 0 radical (unpaired) electrons. The minimum atomic E-state index is -0.214. The molecule has 0 unspecified atom stereocenters. The van der Waals surface area contributed by atoms with Gasteiger partial charge in [-0.1, -0.05) is 12.1 Å². The van der Waals surface area contributed by atoms with Crippen LogP contribution in [0.25, 0.3) is 0 Å². The Morgan fingerprint density at radius 1 is 1.21 bits per heavy atom. The topological polar surface area (TPSA) is 59.1 Å². The summed E-state index contributed by atoms with van der Waals surface area (Å²) in [5.41, 5.74) is 0.994. The third kappa shape index (κ3) is 3.80. The predicted octanol–water partition coefficient (Wildman–Crippen LogP) is 2.07. The van der Waals surface area contributed by atoms with Gasteiger partial charge in [0.2, 0.25) is 5.91 Å². The summed E-state index contributed by atoms with van der Waals surface area (Å²) in [5, 5.41) is 0. The molecule has 2 saturated heterocycles. The minimum Gasteiger partial charge on any atom is -0.494 e. The predicted molar refractivity (Wildman–Crippen MR) is 89.0 cm³/mol. The lowest BCUT2D eigenvalue weighted by molar-refractivity contribution is -0.131. The summed E-state index contributed by atoms with van der Waals surface area (Å²) < 4.78 is 10.4. The zero-order valence-corrected chi connectivity index (χ0v) is 14.1. The van der Waals surface area contributed by atoms with Gasteiger partial charge in [0.15, 0.2) is 0 Å². The Kier molecular flexibility index (Phi) is 5.23. The van der Waals surface area contributed by atoms with Gasteiger partial charge < -0.3 is 19.3 Å². The standard InChI is InChI=1S/C18H24N2O4/c1-2-23-16-5-3-14(4-6-16)13-17(21)19-9-7-15(8-10-19)20-11-12-24-18(20)22/h3-6,15H,2,7-13H2,1H3. The summed E-state index contributed by atoms with van der Waals surface area (Å²) in [6.45, 7) is 5.13. The van der Waals surface area contributed by atoms with Crippen LogP contribution in [0.3, 0.4) is 0 Å². The van der Waals surface area contributed by atoms with E-state index in [2.05, 4.69) is 0 Å². The first-order valence-corrected chi connectivity index (χ1v) is 8.60. The number of amides is 2. The fourth-order valence-electron chi connectivity index (χ4n) is 3.32. The first-order chi connectivity index (χ1) is 11.7. The van der Waals surface area contributed by atoms with Gasteiger partial charge in [0, 0.05) is 19.1 Å². The van der Waals surface area contributed by atoms with Crippen LogP contribution in [0.4, 0.5) is 4.79 Å². The van der Waals surface area contributed by atoms with E-state index in [1.54, 1.807) is 4.90 Å². The van der Waals surface area contributed by atoms with Crippen molar-refractivity contribution in [3.8, 4) is 5.75 Å². The van der Waals surface area contributed by atoms with E-state index in [-0.39, 0.29) is 18.0 Å². The smallest absolute Gasteiger partial charge is 0.410 e. The largest absolute Gasteiger partial charge is 0.494 e. The van der Waals surface area contributed by atoms with Crippen molar-refractivity contribution in [3.63, 3.8) is 0 Å². The summed E-state index contributed by atoms with van der Waals surface area (Å²) in [5.74, 6) is 0.966. The molecule has 0 atom stereocenters. The highest BCUT2D eigenvalue weighted by Crippen LogP contribution is 2.21. The number of hydrogen-bond donors (Lipinski definition) is 0. The lowest BCUT2D eigenvalue weighted by Crippen LogP contribution is -2.47. The highest BCUT2D eigenvalue weighted by Gasteiger charge is 2.33. The van der Waals surface area contributed by atoms with E-state index in [1.807, 2.05) is 36.1 Å². The van der Waals surface area contributed by atoms with Crippen molar-refractivity contribution in [2.75, 3.05) is 32.8 Å². The minimum absolute atomic E-state index is 0.140.